The molecule has 4 unspecified atom stereocenters. The number of hydrogen-bond acceptors (Lipinski definition) is 15. The van der Waals surface area contributed by atoms with Gasteiger partial charge in [-0.05, 0) is 68.9 Å². The maximum absolute atomic E-state index is 16.0. The molecule has 2 bridgehead atoms. The van der Waals surface area contributed by atoms with Gasteiger partial charge in [-0.2, -0.15) is 9.97 Å². The maximum Gasteiger partial charge on any atom is 0.231 e. The van der Waals surface area contributed by atoms with Crippen LogP contribution in [0.1, 0.15) is 42.3 Å². The van der Waals surface area contributed by atoms with Crippen LogP contribution in [0.15, 0.2) is 49.1 Å². The number of nitrogens with one attached hydrogen (secondary N) is 4. The first-order valence-corrected chi connectivity index (χ1v) is 21.7. The molecule has 17 nitrogen and oxygen atoms in total. The Hall–Kier alpha value is -6.86. The van der Waals surface area contributed by atoms with Crippen molar-refractivity contribution in [1.29, 1.82) is 0 Å². The third-order valence-corrected chi connectivity index (χ3v) is 14.3. The average molecular weight is 864 g/mol. The zero-order valence-electron chi connectivity index (χ0n) is 35.8. The van der Waals surface area contributed by atoms with Crippen molar-refractivity contribution in [3.8, 4) is 0 Å². The first-order chi connectivity index (χ1) is 30.9. The summed E-state index contributed by atoms with van der Waals surface area (Å²) in [6, 6.07) is 6.22. The lowest BCUT2D eigenvalue weighted by Gasteiger charge is -2.65. The molecule has 2 saturated heterocycles. The number of benzene rings is 2. The fraction of sp³-hybridized carbons (Fsp3) is 0.378. The molecule has 8 N–H and O–H groups in total. The Labute approximate surface area is 365 Å². The SMILES string of the molecule is CNc1cc(F)cc2c1[nH]c1nc(Cc3cnc(C)nc3)nc(N3CC4(CC(N(C)c5cc(F)cc6c5[nH]c5nc(Nc7cnc(C)nc7)nc(N7CC8CC7C[C@H]8N)c56)C4N)C3)c12. The minimum atomic E-state index is -0.361. The van der Waals surface area contributed by atoms with E-state index in [4.69, 9.17) is 31.4 Å². The number of nitrogens with zero attached hydrogens (tertiary/aromatic N) is 11. The molecule has 326 valence electrons. The van der Waals surface area contributed by atoms with E-state index >= 15 is 8.78 Å². The van der Waals surface area contributed by atoms with Crippen LogP contribution in [0.4, 0.5) is 43.4 Å². The van der Waals surface area contributed by atoms with Crippen LogP contribution in [0.2, 0.25) is 0 Å². The van der Waals surface area contributed by atoms with E-state index in [0.717, 1.165) is 64.8 Å². The fourth-order valence-electron chi connectivity index (χ4n) is 11.0. The number of aryl methyl sites for hydroxylation is 2. The number of likely N-dealkylation sites (N-methyl/N-ethyl adjacent to an activating group) is 1. The largest absolute Gasteiger partial charge is 0.386 e. The lowest BCUT2D eigenvalue weighted by Crippen LogP contribution is -2.78. The third kappa shape index (κ3) is 6.00. The molecule has 8 aromatic rings. The van der Waals surface area contributed by atoms with Crippen LogP contribution in [-0.2, 0) is 6.42 Å². The highest BCUT2D eigenvalue weighted by Gasteiger charge is 2.60. The van der Waals surface area contributed by atoms with Crippen molar-refractivity contribution in [2.24, 2.45) is 22.8 Å². The topological polar surface area (TPSA) is 221 Å². The van der Waals surface area contributed by atoms with E-state index in [1.165, 1.54) is 12.1 Å². The van der Waals surface area contributed by atoms with Gasteiger partial charge in [-0.1, -0.05) is 0 Å². The number of hydrogen-bond donors (Lipinski definition) is 6. The molecule has 5 atom stereocenters. The number of anilines is 6. The molecule has 2 aliphatic carbocycles. The van der Waals surface area contributed by atoms with E-state index in [0.29, 0.717) is 88.0 Å². The molecule has 0 radical (unpaired) electrons. The quantitative estimate of drug-likeness (QED) is 0.108. The van der Waals surface area contributed by atoms with E-state index < -0.39 is 0 Å². The van der Waals surface area contributed by atoms with Crippen molar-refractivity contribution in [1.82, 2.24) is 49.8 Å². The van der Waals surface area contributed by atoms with Crippen molar-refractivity contribution in [2.45, 2.75) is 63.7 Å². The minimum Gasteiger partial charge on any atom is -0.386 e. The zero-order chi connectivity index (χ0) is 43.8. The fourth-order valence-corrected chi connectivity index (χ4v) is 11.0. The van der Waals surface area contributed by atoms with Crippen molar-refractivity contribution in [2.75, 3.05) is 59.1 Å². The molecule has 4 aliphatic rings. The number of piperidine rings is 1. The molecule has 2 saturated carbocycles. The van der Waals surface area contributed by atoms with Gasteiger partial charge in [-0.25, -0.2) is 38.7 Å². The monoisotopic (exact) mass is 863 g/mol. The van der Waals surface area contributed by atoms with Gasteiger partial charge in [0.2, 0.25) is 5.95 Å². The summed E-state index contributed by atoms with van der Waals surface area (Å²) < 4.78 is 31.0. The van der Waals surface area contributed by atoms with Gasteiger partial charge in [0.05, 0.1) is 51.3 Å². The molecule has 0 amide bonds. The van der Waals surface area contributed by atoms with Gasteiger partial charge >= 0.3 is 0 Å². The second-order valence-corrected chi connectivity index (χ2v) is 18.3. The summed E-state index contributed by atoms with van der Waals surface area (Å²) in [4.78, 5) is 51.1. The highest BCUT2D eigenvalue weighted by Crippen LogP contribution is 2.53. The van der Waals surface area contributed by atoms with Crippen LogP contribution in [0.25, 0.3) is 43.9 Å². The molecule has 2 aliphatic heterocycles. The molecule has 4 fully saturated rings. The standard InChI is InChI=1S/C45H47F2N17/c1-20-51-13-22(14-52-20)5-34-56-40-35(28-7-24(46)9-31(50-3)37(28)58-40)42(57-34)63-18-45(19-63)12-33(39(45)49)62(4)32-10-25(47)8-29-36-41(59-38(29)32)60-44(55-26-15-53-21(2)54-16-26)61-43(36)64-17-23-6-27(64)11-30(23)48/h7-10,13-16,23,27,30,33,39,50H,5-6,11-12,17-19,48-49H2,1-4H3,(H,56,57,58)(H2,55,59,60,61)/t23?,27?,30-,33?,39?/m1/s1. The number of aromatic nitrogens is 10. The van der Waals surface area contributed by atoms with Crippen LogP contribution in [0.5, 0.6) is 0 Å². The van der Waals surface area contributed by atoms with Gasteiger partial charge in [0.15, 0.2) is 0 Å². The van der Waals surface area contributed by atoms with E-state index in [9.17, 15) is 0 Å². The summed E-state index contributed by atoms with van der Waals surface area (Å²) in [5, 5.41) is 9.34. The van der Waals surface area contributed by atoms with Gasteiger partial charge in [0.1, 0.15) is 52.0 Å². The molecule has 8 heterocycles. The lowest BCUT2D eigenvalue weighted by atomic mass is 9.56. The lowest BCUT2D eigenvalue weighted by molar-refractivity contribution is 0.0306. The summed E-state index contributed by atoms with van der Waals surface area (Å²) >= 11 is 0. The van der Waals surface area contributed by atoms with Crippen molar-refractivity contribution < 1.29 is 8.78 Å². The van der Waals surface area contributed by atoms with Crippen molar-refractivity contribution >= 4 is 78.5 Å². The molecule has 19 heteroatoms. The molecule has 1 spiro atoms. The number of nitrogens with two attached hydrogens (primary N) is 2. The number of rotatable bonds is 9. The van der Waals surface area contributed by atoms with Crippen molar-refractivity contribution in [3.05, 3.63) is 83.7 Å². The first-order valence-electron chi connectivity index (χ1n) is 21.7. The summed E-state index contributed by atoms with van der Waals surface area (Å²) in [7, 11) is 3.75. The second-order valence-electron chi connectivity index (χ2n) is 18.3. The average Bonchev–Trinajstić information content (AvgIpc) is 4.04. The van der Waals surface area contributed by atoms with Crippen LogP contribution >= 0.6 is 0 Å². The summed E-state index contributed by atoms with van der Waals surface area (Å²) in [6.45, 7) is 5.74. The highest BCUT2D eigenvalue weighted by atomic mass is 19.1. The first kappa shape index (κ1) is 38.8. The van der Waals surface area contributed by atoms with E-state index in [1.807, 2.05) is 20.9 Å². The second kappa shape index (κ2) is 14.1. The summed E-state index contributed by atoms with van der Waals surface area (Å²) in [5.74, 6) is 3.44. The molecular weight excluding hydrogens is 817 g/mol. The molecule has 6 aromatic heterocycles. The summed E-state index contributed by atoms with van der Waals surface area (Å²) in [5.41, 5.74) is 19.1. The Kier molecular flexibility index (Phi) is 8.53. The maximum atomic E-state index is 16.0. The Bertz CT molecular complexity index is 3160. The Morgan fingerprint density at radius 3 is 2.19 bits per heavy atom. The van der Waals surface area contributed by atoms with Crippen LogP contribution in [0, 0.1) is 36.8 Å². The predicted octanol–water partition coefficient (Wildman–Crippen LogP) is 5.36. The predicted molar refractivity (Wildman–Crippen MR) is 243 cm³/mol. The van der Waals surface area contributed by atoms with E-state index in [1.54, 1.807) is 44.0 Å². The molecule has 12 rings (SSSR count). The van der Waals surface area contributed by atoms with Gasteiger partial charge in [0, 0.05) is 92.9 Å². The Morgan fingerprint density at radius 2 is 1.50 bits per heavy atom. The van der Waals surface area contributed by atoms with Gasteiger partial charge in [-0.15, -0.1) is 0 Å². The van der Waals surface area contributed by atoms with Gasteiger partial charge in [0.25, 0.3) is 0 Å². The number of aromatic amines is 2. The Morgan fingerprint density at radius 1 is 0.828 bits per heavy atom. The smallest absolute Gasteiger partial charge is 0.231 e. The normalized spacial score (nSPS) is 22.3. The minimum absolute atomic E-state index is 0.0819. The molecule has 2 aromatic carbocycles. The number of H-pyrrole nitrogens is 2. The number of fused-ring (bicyclic) bond motifs is 8. The zero-order valence-corrected chi connectivity index (χ0v) is 35.8. The molecular formula is C45H47F2N17. The molecule has 64 heavy (non-hydrogen) atoms. The third-order valence-electron chi connectivity index (χ3n) is 14.3. The highest BCUT2D eigenvalue weighted by molar-refractivity contribution is 6.16. The van der Waals surface area contributed by atoms with Gasteiger partial charge in [-0.3, -0.25) is 0 Å². The van der Waals surface area contributed by atoms with Crippen LogP contribution in [-0.4, -0.2) is 108 Å². The van der Waals surface area contributed by atoms with Crippen LogP contribution in [0.3, 0.4) is 0 Å². The van der Waals surface area contributed by atoms with E-state index in [2.05, 4.69) is 55.2 Å². The summed E-state index contributed by atoms with van der Waals surface area (Å²) in [6.07, 6.45) is 10.0. The van der Waals surface area contributed by atoms with E-state index in [-0.39, 0.29) is 41.2 Å². The van der Waals surface area contributed by atoms with Crippen molar-refractivity contribution in [3.63, 3.8) is 0 Å². The van der Waals surface area contributed by atoms with Gasteiger partial charge < -0.3 is 46.8 Å². The Balaban J connectivity index is 0.867. The van der Waals surface area contributed by atoms with Crippen LogP contribution < -0.4 is 36.8 Å². The number of halogens is 2.